The van der Waals surface area contributed by atoms with Crippen LogP contribution in [0.25, 0.3) is 0 Å². The molecule has 0 heterocycles. The summed E-state index contributed by atoms with van der Waals surface area (Å²) in [5.74, 6) is 1.55. The molecule has 0 rings (SSSR count). The van der Waals surface area contributed by atoms with Crippen LogP contribution in [0, 0.1) is 5.92 Å². The normalized spacial score (nSPS) is 12.4. The molecule has 0 fully saturated rings. The topological polar surface area (TPSA) is 9.23 Å². The third-order valence-corrected chi connectivity index (χ3v) is 5.22. The highest BCUT2D eigenvalue weighted by Crippen LogP contribution is 2.18. The summed E-state index contributed by atoms with van der Waals surface area (Å²) in [7, 11) is -1.36. The maximum absolute atomic E-state index is 5.98. The summed E-state index contributed by atoms with van der Waals surface area (Å²) in [6.07, 6.45) is 3.49. The highest BCUT2D eigenvalue weighted by Gasteiger charge is 2.23. The quantitative estimate of drug-likeness (QED) is 0.347. The van der Waals surface area contributed by atoms with Crippen LogP contribution in [0.4, 0.5) is 0 Å². The Labute approximate surface area is 95.3 Å². The fourth-order valence-electron chi connectivity index (χ4n) is 1.76. The van der Waals surface area contributed by atoms with Gasteiger partial charge in [0.2, 0.25) is 0 Å². The maximum Gasteiger partial charge on any atom is 0.186 e. The van der Waals surface area contributed by atoms with Gasteiger partial charge in [-0.25, -0.2) is 0 Å². The molecule has 0 N–H and O–H groups in total. The van der Waals surface area contributed by atoms with Crippen LogP contribution < -0.4 is 0 Å². The first-order valence-corrected chi connectivity index (χ1v) is 9.33. The lowest BCUT2D eigenvalue weighted by Gasteiger charge is -2.24. The van der Waals surface area contributed by atoms with Crippen molar-refractivity contribution in [2.24, 2.45) is 5.92 Å². The molecule has 0 aromatic carbocycles. The molecule has 0 saturated carbocycles. The molecule has 0 spiro atoms. The van der Waals surface area contributed by atoms with E-state index in [1.54, 1.807) is 0 Å². The van der Waals surface area contributed by atoms with Crippen molar-refractivity contribution in [1.82, 2.24) is 0 Å². The van der Waals surface area contributed by atoms with Crippen molar-refractivity contribution in [2.75, 3.05) is 12.5 Å². The summed E-state index contributed by atoms with van der Waals surface area (Å²) in [5, 5.41) is 0. The lowest BCUT2D eigenvalue weighted by Crippen LogP contribution is -2.32. The predicted octanol–water partition coefficient (Wildman–Crippen LogP) is 4.27. The fourth-order valence-corrected chi connectivity index (χ4v) is 4.73. The molecule has 0 amide bonds. The Kier molecular flexibility index (Phi) is 7.98. The van der Waals surface area contributed by atoms with E-state index in [2.05, 4.69) is 26.9 Å². The van der Waals surface area contributed by atoms with Crippen LogP contribution >= 0.6 is 11.6 Å². The zero-order valence-electron chi connectivity index (χ0n) is 10.1. The monoisotopic (exact) mass is 236 g/mol. The molecule has 0 aliphatic carbocycles. The van der Waals surface area contributed by atoms with Gasteiger partial charge in [-0.2, -0.15) is 0 Å². The molecule has 3 heteroatoms. The highest BCUT2D eigenvalue weighted by molar-refractivity contribution is 6.71. The van der Waals surface area contributed by atoms with Gasteiger partial charge in [-0.1, -0.05) is 20.3 Å². The minimum Gasteiger partial charge on any atom is -0.417 e. The molecule has 0 bridgehead atoms. The molecule has 0 atom stereocenters. The molecular formula is C11H25ClOSi. The average Bonchev–Trinajstić information content (AvgIpc) is 2.01. The van der Waals surface area contributed by atoms with Crippen molar-refractivity contribution >= 4 is 19.9 Å². The van der Waals surface area contributed by atoms with Crippen LogP contribution in [-0.2, 0) is 4.43 Å². The van der Waals surface area contributed by atoms with Crippen LogP contribution in [0.15, 0.2) is 0 Å². The van der Waals surface area contributed by atoms with E-state index in [1.807, 2.05) is 0 Å². The summed E-state index contributed by atoms with van der Waals surface area (Å²) < 4.78 is 5.98. The van der Waals surface area contributed by atoms with Gasteiger partial charge >= 0.3 is 0 Å². The molecule has 1 nitrogen and oxygen atoms in total. The summed E-state index contributed by atoms with van der Waals surface area (Å²) >= 11 is 5.61. The van der Waals surface area contributed by atoms with Crippen molar-refractivity contribution in [3.8, 4) is 0 Å². The van der Waals surface area contributed by atoms with Gasteiger partial charge in [-0.15, -0.1) is 11.6 Å². The zero-order chi connectivity index (χ0) is 11.0. The molecule has 0 aromatic heterocycles. The summed E-state index contributed by atoms with van der Waals surface area (Å²) in [5.41, 5.74) is 0. The molecular weight excluding hydrogens is 212 g/mol. The molecule has 0 aliphatic rings. The van der Waals surface area contributed by atoms with Gasteiger partial charge < -0.3 is 4.43 Å². The molecule has 0 unspecified atom stereocenters. The van der Waals surface area contributed by atoms with Crippen molar-refractivity contribution in [2.45, 2.75) is 52.2 Å². The lowest BCUT2D eigenvalue weighted by atomic mass is 10.3. The third-order valence-electron chi connectivity index (χ3n) is 2.17. The van der Waals surface area contributed by atoms with E-state index in [0.29, 0.717) is 0 Å². The van der Waals surface area contributed by atoms with Crippen LogP contribution in [0.1, 0.15) is 33.1 Å². The van der Waals surface area contributed by atoms with Crippen molar-refractivity contribution < 1.29 is 4.43 Å². The van der Waals surface area contributed by atoms with Crippen LogP contribution in [-0.4, -0.2) is 20.8 Å². The Morgan fingerprint density at radius 2 is 1.79 bits per heavy atom. The SMILES string of the molecule is CC(C)C[Si](C)(C)OCCCCCCl. The van der Waals surface area contributed by atoms with E-state index >= 15 is 0 Å². The Hall–Kier alpha value is 0.467. The van der Waals surface area contributed by atoms with Gasteiger partial charge in [0.25, 0.3) is 0 Å². The van der Waals surface area contributed by atoms with E-state index in [4.69, 9.17) is 16.0 Å². The Balaban J connectivity index is 3.45. The van der Waals surface area contributed by atoms with Crippen molar-refractivity contribution in [3.63, 3.8) is 0 Å². The first-order valence-electron chi connectivity index (χ1n) is 5.68. The van der Waals surface area contributed by atoms with E-state index in [0.717, 1.165) is 24.8 Å². The second kappa shape index (κ2) is 7.72. The number of hydrogen-bond acceptors (Lipinski definition) is 1. The lowest BCUT2D eigenvalue weighted by molar-refractivity contribution is 0.292. The van der Waals surface area contributed by atoms with Crippen molar-refractivity contribution in [1.29, 1.82) is 0 Å². The first-order chi connectivity index (χ1) is 6.48. The fraction of sp³-hybridized carbons (Fsp3) is 1.00. The van der Waals surface area contributed by atoms with Crippen LogP contribution in [0.3, 0.4) is 0 Å². The van der Waals surface area contributed by atoms with E-state index in [-0.39, 0.29) is 0 Å². The number of halogens is 1. The molecule has 86 valence electrons. The zero-order valence-corrected chi connectivity index (χ0v) is 11.9. The van der Waals surface area contributed by atoms with Gasteiger partial charge in [0.15, 0.2) is 8.32 Å². The Morgan fingerprint density at radius 3 is 2.29 bits per heavy atom. The van der Waals surface area contributed by atoms with E-state index in [9.17, 15) is 0 Å². The minimum absolute atomic E-state index is 0.763. The van der Waals surface area contributed by atoms with Crippen LogP contribution in [0.5, 0.6) is 0 Å². The summed E-state index contributed by atoms with van der Waals surface area (Å²) in [4.78, 5) is 0. The molecule has 0 aliphatic heterocycles. The largest absolute Gasteiger partial charge is 0.417 e. The number of unbranched alkanes of at least 4 members (excludes halogenated alkanes) is 2. The third kappa shape index (κ3) is 9.04. The van der Waals surface area contributed by atoms with E-state index in [1.165, 1.54) is 18.9 Å². The smallest absolute Gasteiger partial charge is 0.186 e. The molecule has 0 aromatic rings. The predicted molar refractivity (Wildman–Crippen MR) is 67.7 cm³/mol. The van der Waals surface area contributed by atoms with E-state index < -0.39 is 8.32 Å². The van der Waals surface area contributed by atoms with Crippen molar-refractivity contribution in [3.05, 3.63) is 0 Å². The standard InChI is InChI=1S/C11H25ClOSi/c1-11(2)10-14(3,4)13-9-7-5-6-8-12/h11H,5-10H2,1-4H3. The Bertz CT molecular complexity index is 137. The average molecular weight is 237 g/mol. The molecule has 0 radical (unpaired) electrons. The summed E-state index contributed by atoms with van der Waals surface area (Å²) in [6, 6.07) is 1.27. The minimum atomic E-state index is -1.36. The van der Waals surface area contributed by atoms with Crippen LogP contribution in [0.2, 0.25) is 19.1 Å². The second-order valence-electron chi connectivity index (χ2n) is 4.96. The van der Waals surface area contributed by atoms with Gasteiger partial charge in [-0.05, 0) is 37.9 Å². The number of alkyl halides is 1. The summed E-state index contributed by atoms with van der Waals surface area (Å²) in [6.45, 7) is 10.1. The Morgan fingerprint density at radius 1 is 1.14 bits per heavy atom. The molecule has 0 saturated heterocycles. The van der Waals surface area contributed by atoms with Gasteiger partial charge in [0.1, 0.15) is 0 Å². The number of rotatable bonds is 8. The van der Waals surface area contributed by atoms with Gasteiger partial charge in [0.05, 0.1) is 0 Å². The first kappa shape index (κ1) is 14.5. The highest BCUT2D eigenvalue weighted by atomic mass is 35.5. The van der Waals surface area contributed by atoms with Gasteiger partial charge in [0, 0.05) is 12.5 Å². The molecule has 14 heavy (non-hydrogen) atoms. The number of hydrogen-bond donors (Lipinski definition) is 0. The second-order valence-corrected chi connectivity index (χ2v) is 9.55. The van der Waals surface area contributed by atoms with Gasteiger partial charge in [-0.3, -0.25) is 0 Å². The maximum atomic E-state index is 5.98.